The first-order chi connectivity index (χ1) is 16.6. The molecule has 35 heavy (non-hydrogen) atoms. The Labute approximate surface area is 201 Å². The van der Waals surface area contributed by atoms with Gasteiger partial charge in [0.15, 0.2) is 11.6 Å². The number of rotatable bonds is 10. The summed E-state index contributed by atoms with van der Waals surface area (Å²) < 4.78 is 44.4. The highest BCUT2D eigenvalue weighted by molar-refractivity contribution is 6.83. The summed E-state index contributed by atoms with van der Waals surface area (Å²) >= 11 is 0. The van der Waals surface area contributed by atoms with Crippen molar-refractivity contribution in [3.05, 3.63) is 58.4 Å². The van der Waals surface area contributed by atoms with Gasteiger partial charge in [0.05, 0.1) is 43.0 Å². The van der Waals surface area contributed by atoms with E-state index < -0.39 is 54.9 Å². The third-order valence-corrected chi connectivity index (χ3v) is 4.97. The van der Waals surface area contributed by atoms with Crippen LogP contribution in [0.25, 0.3) is 0 Å². The molecule has 2 aromatic rings. The number of amides is 1. The SMILES string of the molecule is C[Si](C)(C)C#Cc1ccc(Nc2c(C(=O)NOCCO)cc(/C=N/OCCO)c(F)c2F)c(F)c1. The van der Waals surface area contributed by atoms with Crippen molar-refractivity contribution in [2.24, 2.45) is 5.16 Å². The summed E-state index contributed by atoms with van der Waals surface area (Å²) in [6.07, 6.45) is 0.815. The fraction of sp³-hybridized carbons (Fsp3) is 0.304. The van der Waals surface area contributed by atoms with Gasteiger partial charge in [0.25, 0.3) is 5.91 Å². The van der Waals surface area contributed by atoms with Crippen LogP contribution in [0.15, 0.2) is 29.4 Å². The lowest BCUT2D eigenvalue weighted by Gasteiger charge is -2.15. The van der Waals surface area contributed by atoms with E-state index in [-0.39, 0.29) is 25.5 Å². The normalized spacial score (nSPS) is 11.2. The predicted molar refractivity (Wildman–Crippen MR) is 127 cm³/mol. The topological polar surface area (TPSA) is 112 Å². The van der Waals surface area contributed by atoms with Crippen LogP contribution in [0.1, 0.15) is 21.5 Å². The summed E-state index contributed by atoms with van der Waals surface area (Å²) in [6, 6.07) is 4.91. The molecule has 0 heterocycles. The van der Waals surface area contributed by atoms with Gasteiger partial charge in [-0.1, -0.05) is 30.7 Å². The standard InChI is InChI=1S/C23H26F3N3O5Si/c1-35(2,3)11-6-15-4-5-19(18(24)12-15)28-22-17(23(32)29-34-10-8-31)13-16(20(25)21(22)26)14-27-33-9-7-30/h4-5,12-14,28,30-31H,7-10H2,1-3H3,(H,29,32)/b27-14+. The number of halogens is 3. The van der Waals surface area contributed by atoms with Crippen molar-refractivity contribution in [1.29, 1.82) is 0 Å². The van der Waals surface area contributed by atoms with E-state index in [0.717, 1.165) is 18.3 Å². The number of anilines is 2. The molecule has 2 rings (SSSR count). The Morgan fingerprint density at radius 3 is 2.46 bits per heavy atom. The van der Waals surface area contributed by atoms with Gasteiger partial charge in [0.1, 0.15) is 20.5 Å². The molecule has 0 aliphatic carbocycles. The van der Waals surface area contributed by atoms with Crippen molar-refractivity contribution >= 4 is 31.6 Å². The summed E-state index contributed by atoms with van der Waals surface area (Å²) in [5, 5.41) is 23.3. The highest BCUT2D eigenvalue weighted by atomic mass is 28.3. The molecule has 0 fully saturated rings. The minimum absolute atomic E-state index is 0.180. The fourth-order valence-corrected chi connectivity index (χ4v) is 3.05. The summed E-state index contributed by atoms with van der Waals surface area (Å²) in [4.78, 5) is 22.0. The molecule has 0 aromatic heterocycles. The Hall–Kier alpha value is -3.37. The second-order valence-electron chi connectivity index (χ2n) is 8.13. The molecule has 2 aromatic carbocycles. The Morgan fingerprint density at radius 1 is 1.11 bits per heavy atom. The third kappa shape index (κ3) is 8.41. The number of nitrogens with zero attached hydrogens (tertiary/aromatic N) is 1. The van der Waals surface area contributed by atoms with Gasteiger partial charge in [-0.05, 0) is 24.3 Å². The van der Waals surface area contributed by atoms with Crippen molar-refractivity contribution in [1.82, 2.24) is 5.48 Å². The molecule has 0 aliphatic heterocycles. The summed E-state index contributed by atoms with van der Waals surface area (Å²) in [5.41, 5.74) is 3.74. The lowest BCUT2D eigenvalue weighted by molar-refractivity contribution is 0.0168. The van der Waals surface area contributed by atoms with Gasteiger partial charge in [-0.2, -0.15) is 0 Å². The zero-order valence-electron chi connectivity index (χ0n) is 19.4. The van der Waals surface area contributed by atoms with Gasteiger partial charge in [0.2, 0.25) is 0 Å². The van der Waals surface area contributed by atoms with Crippen molar-refractivity contribution in [2.45, 2.75) is 19.6 Å². The van der Waals surface area contributed by atoms with E-state index in [1.807, 2.05) is 25.1 Å². The number of benzene rings is 2. The first-order valence-corrected chi connectivity index (χ1v) is 14.0. The van der Waals surface area contributed by atoms with Crippen LogP contribution in [0.4, 0.5) is 24.5 Å². The van der Waals surface area contributed by atoms with Gasteiger partial charge in [-0.25, -0.2) is 18.7 Å². The van der Waals surface area contributed by atoms with E-state index in [1.54, 1.807) is 0 Å². The molecule has 188 valence electrons. The number of hydrogen-bond donors (Lipinski definition) is 4. The maximum absolute atomic E-state index is 15.0. The van der Waals surface area contributed by atoms with Crippen LogP contribution in [0, 0.1) is 28.9 Å². The van der Waals surface area contributed by atoms with Crippen LogP contribution < -0.4 is 10.8 Å². The van der Waals surface area contributed by atoms with E-state index in [1.165, 1.54) is 12.1 Å². The predicted octanol–water partition coefficient (Wildman–Crippen LogP) is 3.07. The molecule has 0 unspecified atom stereocenters. The van der Waals surface area contributed by atoms with Crippen LogP contribution in [0.5, 0.6) is 0 Å². The van der Waals surface area contributed by atoms with Gasteiger partial charge in [0, 0.05) is 11.1 Å². The molecule has 1 amide bonds. The molecule has 0 saturated heterocycles. The van der Waals surface area contributed by atoms with Gasteiger partial charge < -0.3 is 20.4 Å². The number of oxime groups is 1. The first kappa shape index (κ1) is 27.9. The number of nitrogens with one attached hydrogen (secondary N) is 2. The van der Waals surface area contributed by atoms with Crippen molar-refractivity contribution in [3.8, 4) is 11.5 Å². The van der Waals surface area contributed by atoms with Gasteiger partial charge in [-0.15, -0.1) is 5.54 Å². The number of aliphatic hydroxyl groups is 2. The molecule has 0 atom stereocenters. The van der Waals surface area contributed by atoms with E-state index >= 15 is 4.39 Å². The molecule has 0 aliphatic rings. The van der Waals surface area contributed by atoms with Crippen LogP contribution in [-0.4, -0.2) is 56.8 Å². The van der Waals surface area contributed by atoms with Gasteiger partial charge >= 0.3 is 0 Å². The molecule has 0 bridgehead atoms. The molecular formula is C23H26F3N3O5Si. The highest BCUT2D eigenvalue weighted by Gasteiger charge is 2.23. The van der Waals surface area contributed by atoms with Crippen LogP contribution in [0.2, 0.25) is 19.6 Å². The van der Waals surface area contributed by atoms with E-state index in [0.29, 0.717) is 5.56 Å². The second kappa shape index (κ2) is 12.9. The van der Waals surface area contributed by atoms with E-state index in [2.05, 4.69) is 26.8 Å². The van der Waals surface area contributed by atoms with E-state index in [9.17, 15) is 13.6 Å². The smallest absolute Gasteiger partial charge is 0.277 e. The summed E-state index contributed by atoms with van der Waals surface area (Å²) in [5.74, 6) is -1.75. The lowest BCUT2D eigenvalue weighted by Crippen LogP contribution is -2.26. The largest absolute Gasteiger partial charge is 0.394 e. The number of carbonyl (C=O) groups excluding carboxylic acids is 1. The van der Waals surface area contributed by atoms with Crippen LogP contribution >= 0.6 is 0 Å². The average Bonchev–Trinajstić information content (AvgIpc) is 2.80. The Balaban J connectivity index is 2.47. The average molecular weight is 510 g/mol. The molecular weight excluding hydrogens is 483 g/mol. The lowest BCUT2D eigenvalue weighted by atomic mass is 10.1. The van der Waals surface area contributed by atoms with Crippen molar-refractivity contribution in [2.75, 3.05) is 31.7 Å². The third-order valence-electron chi connectivity index (χ3n) is 4.10. The van der Waals surface area contributed by atoms with Gasteiger partial charge in [-0.3, -0.25) is 9.63 Å². The van der Waals surface area contributed by atoms with Crippen LogP contribution in [-0.2, 0) is 9.68 Å². The van der Waals surface area contributed by atoms with Crippen LogP contribution in [0.3, 0.4) is 0 Å². The molecule has 4 N–H and O–H groups in total. The number of hydrogen-bond acceptors (Lipinski definition) is 7. The molecule has 12 heteroatoms. The minimum Gasteiger partial charge on any atom is -0.394 e. The Bertz CT molecular complexity index is 1140. The van der Waals surface area contributed by atoms with Crippen molar-refractivity contribution < 1.29 is 37.9 Å². The highest BCUT2D eigenvalue weighted by Crippen LogP contribution is 2.30. The zero-order chi connectivity index (χ0) is 26.0. The second-order valence-corrected chi connectivity index (χ2v) is 12.9. The van der Waals surface area contributed by atoms with Crippen molar-refractivity contribution in [3.63, 3.8) is 0 Å². The Morgan fingerprint density at radius 2 is 1.83 bits per heavy atom. The molecule has 0 spiro atoms. The fourth-order valence-electron chi connectivity index (χ4n) is 2.53. The maximum Gasteiger partial charge on any atom is 0.277 e. The molecule has 0 radical (unpaired) electrons. The number of hydroxylamine groups is 1. The minimum atomic E-state index is -1.69. The number of carbonyl (C=O) groups is 1. The Kier molecular flexibility index (Phi) is 10.3. The van der Waals surface area contributed by atoms with E-state index in [4.69, 9.17) is 15.1 Å². The summed E-state index contributed by atoms with van der Waals surface area (Å²) in [7, 11) is -1.69. The number of aliphatic hydroxyl groups excluding tert-OH is 2. The quantitative estimate of drug-likeness (QED) is 0.129. The maximum atomic E-state index is 15.0. The summed E-state index contributed by atoms with van der Waals surface area (Å²) in [6.45, 7) is 4.92. The molecule has 0 saturated carbocycles. The zero-order valence-corrected chi connectivity index (χ0v) is 20.4. The monoisotopic (exact) mass is 509 g/mol. The first-order valence-electron chi connectivity index (χ1n) is 10.5. The molecule has 8 nitrogen and oxygen atoms in total.